The monoisotopic (exact) mass is 1120 g/mol. The van der Waals surface area contributed by atoms with Crippen LogP contribution < -0.4 is 5.73 Å². The summed E-state index contributed by atoms with van der Waals surface area (Å²) in [6.07, 6.45) is 89.5. The van der Waals surface area contributed by atoms with Gasteiger partial charge in [0.25, 0.3) is 0 Å². The van der Waals surface area contributed by atoms with E-state index in [4.69, 9.17) is 24.3 Å². The number of phosphoric ester groups is 1. The Balaban J connectivity index is 3.92. The van der Waals surface area contributed by atoms with Crippen molar-refractivity contribution in [2.45, 2.75) is 264 Å². The molecule has 0 rings (SSSR count). The van der Waals surface area contributed by atoms with Crippen LogP contribution in [0.5, 0.6) is 0 Å². The van der Waals surface area contributed by atoms with Crippen LogP contribution in [0, 0.1) is 0 Å². The van der Waals surface area contributed by atoms with Gasteiger partial charge in [0.15, 0.2) is 6.10 Å². The summed E-state index contributed by atoms with van der Waals surface area (Å²) in [5, 5.41) is 0. The van der Waals surface area contributed by atoms with Crippen molar-refractivity contribution in [1.82, 2.24) is 0 Å². The highest BCUT2D eigenvalue weighted by atomic mass is 31.2. The predicted molar refractivity (Wildman–Crippen MR) is 339 cm³/mol. The van der Waals surface area contributed by atoms with Crippen molar-refractivity contribution in [1.29, 1.82) is 0 Å². The Bertz CT molecular complexity index is 1750. The SMILES string of the molecule is CC/C=C\C/C=C\C/C=C\C/C=C\C/C=C\C/C=C\CCCCCCCCCCCCCCCCCCCCC(=O)OC(COC(=O)CCCCCCC/C=C\C/C=C\C/C=C\C/C=C\C/C=C\CC)COP(=O)(O)OCCN. The van der Waals surface area contributed by atoms with Gasteiger partial charge in [-0.2, -0.15) is 0 Å². The number of esters is 2. The Morgan fingerprint density at radius 1 is 0.380 bits per heavy atom. The average molecular weight is 1120 g/mol. The predicted octanol–water partition coefficient (Wildman–Crippen LogP) is 20.5. The number of nitrogens with two attached hydrogens (primary N) is 1. The molecule has 10 heteroatoms. The maximum Gasteiger partial charge on any atom is 0.472 e. The molecule has 0 aliphatic heterocycles. The first-order chi connectivity index (χ1) is 38.8. The molecule has 0 aromatic heterocycles. The minimum Gasteiger partial charge on any atom is -0.462 e. The van der Waals surface area contributed by atoms with Crippen LogP contribution in [0.25, 0.3) is 0 Å². The lowest BCUT2D eigenvalue weighted by molar-refractivity contribution is -0.161. The number of phosphoric acid groups is 1. The minimum atomic E-state index is -4.40. The molecule has 0 bridgehead atoms. The minimum absolute atomic E-state index is 0.0452. The molecule has 79 heavy (non-hydrogen) atoms. The topological polar surface area (TPSA) is 134 Å². The molecule has 0 saturated carbocycles. The summed E-state index contributed by atoms with van der Waals surface area (Å²) in [6.45, 7) is 3.50. The zero-order valence-corrected chi connectivity index (χ0v) is 51.2. The van der Waals surface area contributed by atoms with Crippen LogP contribution in [-0.4, -0.2) is 49.3 Å². The standard InChI is InChI=1S/C69H116NO8P/c1-3-5-7-9-11-13-15-17-19-21-23-25-26-27-28-29-30-31-32-33-34-35-36-37-38-39-40-42-44-46-48-50-52-54-56-58-60-62-69(72)78-67(66-77-79(73,74)76-64-63-70)65-75-68(71)61-59-57-55-53-51-49-47-45-43-41-24-22-20-18-16-14-12-10-8-6-4-2/h5-8,11-14,17-20,23-25,27-28,30-31,41,45,47,67H,3-4,9-10,15-16,21-22,26,29,32-40,42-44,46,48-66,70H2,1-2H3,(H,73,74)/b7-5-,8-6-,13-11-,14-12-,19-17-,20-18-,25-23-,28-27-,31-30-,41-24-,47-45-. The lowest BCUT2D eigenvalue weighted by Gasteiger charge is -2.19. The normalized spacial score (nSPS) is 13.9. The Morgan fingerprint density at radius 3 is 0.975 bits per heavy atom. The van der Waals surface area contributed by atoms with Crippen LogP contribution in [0.2, 0.25) is 0 Å². The van der Waals surface area contributed by atoms with Crippen LogP contribution >= 0.6 is 7.82 Å². The molecule has 2 atom stereocenters. The highest BCUT2D eigenvalue weighted by molar-refractivity contribution is 7.47. The molecule has 0 amide bonds. The summed E-state index contributed by atoms with van der Waals surface area (Å²) in [6, 6.07) is 0. The van der Waals surface area contributed by atoms with Gasteiger partial charge in [0.2, 0.25) is 0 Å². The van der Waals surface area contributed by atoms with E-state index in [1.54, 1.807) is 0 Å². The van der Waals surface area contributed by atoms with Crippen molar-refractivity contribution in [3.05, 3.63) is 134 Å². The zero-order valence-electron chi connectivity index (χ0n) is 50.3. The van der Waals surface area contributed by atoms with Gasteiger partial charge in [0.05, 0.1) is 13.2 Å². The summed E-state index contributed by atoms with van der Waals surface area (Å²) >= 11 is 0. The lowest BCUT2D eigenvalue weighted by Crippen LogP contribution is -2.29. The molecule has 450 valence electrons. The number of hydrogen-bond acceptors (Lipinski definition) is 8. The van der Waals surface area contributed by atoms with E-state index in [0.717, 1.165) is 122 Å². The number of carbonyl (C=O) groups is 2. The lowest BCUT2D eigenvalue weighted by atomic mass is 10.0. The summed E-state index contributed by atoms with van der Waals surface area (Å²) < 4.78 is 33.1. The molecular formula is C69H116NO8P. The summed E-state index contributed by atoms with van der Waals surface area (Å²) in [5.74, 6) is -0.851. The van der Waals surface area contributed by atoms with Gasteiger partial charge in [0.1, 0.15) is 6.61 Å². The second kappa shape index (κ2) is 63.3. The Kier molecular flexibility index (Phi) is 60.2. The van der Waals surface area contributed by atoms with Gasteiger partial charge in [-0.05, 0) is 109 Å². The van der Waals surface area contributed by atoms with Gasteiger partial charge in [-0.1, -0.05) is 270 Å². The van der Waals surface area contributed by atoms with E-state index in [1.165, 1.54) is 96.3 Å². The third kappa shape index (κ3) is 63.2. The van der Waals surface area contributed by atoms with Crippen LogP contribution in [-0.2, 0) is 32.7 Å². The molecule has 0 radical (unpaired) electrons. The van der Waals surface area contributed by atoms with Gasteiger partial charge in [0, 0.05) is 19.4 Å². The van der Waals surface area contributed by atoms with Gasteiger partial charge in [-0.3, -0.25) is 18.6 Å². The van der Waals surface area contributed by atoms with Crippen molar-refractivity contribution in [3.63, 3.8) is 0 Å². The second-order valence-electron chi connectivity index (χ2n) is 20.5. The van der Waals surface area contributed by atoms with Crippen LogP contribution in [0.3, 0.4) is 0 Å². The third-order valence-corrected chi connectivity index (χ3v) is 14.0. The highest BCUT2D eigenvalue weighted by Crippen LogP contribution is 2.43. The van der Waals surface area contributed by atoms with Crippen LogP contribution in [0.15, 0.2) is 134 Å². The summed E-state index contributed by atoms with van der Waals surface area (Å²) in [5.41, 5.74) is 5.39. The Morgan fingerprint density at radius 2 is 0.658 bits per heavy atom. The number of rotatable bonds is 58. The molecule has 0 fully saturated rings. The quantitative estimate of drug-likeness (QED) is 0.0264. The molecule has 0 spiro atoms. The van der Waals surface area contributed by atoms with E-state index in [0.29, 0.717) is 12.8 Å². The maximum atomic E-state index is 12.7. The maximum absolute atomic E-state index is 12.7. The first-order valence-electron chi connectivity index (χ1n) is 31.7. The number of allylic oxidation sites excluding steroid dienone is 22. The fourth-order valence-corrected chi connectivity index (χ4v) is 9.20. The zero-order chi connectivity index (χ0) is 57.3. The molecule has 0 aliphatic rings. The van der Waals surface area contributed by atoms with E-state index < -0.39 is 32.5 Å². The van der Waals surface area contributed by atoms with E-state index in [1.807, 2.05) is 0 Å². The van der Waals surface area contributed by atoms with Gasteiger partial charge < -0.3 is 20.1 Å². The number of carbonyl (C=O) groups excluding carboxylic acids is 2. The molecule has 0 saturated heterocycles. The molecule has 0 aliphatic carbocycles. The van der Waals surface area contributed by atoms with Gasteiger partial charge >= 0.3 is 19.8 Å². The van der Waals surface area contributed by atoms with E-state index >= 15 is 0 Å². The molecule has 3 N–H and O–H groups in total. The first-order valence-corrected chi connectivity index (χ1v) is 33.2. The molecule has 0 heterocycles. The molecule has 2 unspecified atom stereocenters. The largest absolute Gasteiger partial charge is 0.472 e. The first kappa shape index (κ1) is 75.2. The van der Waals surface area contributed by atoms with E-state index in [2.05, 4.69) is 148 Å². The smallest absolute Gasteiger partial charge is 0.462 e. The van der Waals surface area contributed by atoms with Crippen LogP contribution in [0.1, 0.15) is 258 Å². The summed E-state index contributed by atoms with van der Waals surface area (Å²) in [4.78, 5) is 35.2. The fraction of sp³-hybridized carbons (Fsp3) is 0.652. The number of ether oxygens (including phenoxy) is 2. The van der Waals surface area contributed by atoms with Crippen molar-refractivity contribution >= 4 is 19.8 Å². The van der Waals surface area contributed by atoms with E-state index in [-0.39, 0.29) is 32.6 Å². The van der Waals surface area contributed by atoms with Crippen LogP contribution in [0.4, 0.5) is 0 Å². The molecular weight excluding hydrogens is 1000 g/mol. The van der Waals surface area contributed by atoms with Crippen molar-refractivity contribution < 1.29 is 37.6 Å². The summed E-state index contributed by atoms with van der Waals surface area (Å²) in [7, 11) is -4.40. The second-order valence-corrected chi connectivity index (χ2v) is 22.0. The molecule has 0 aromatic rings. The number of unbranched alkanes of at least 4 members (excludes halogenated alkanes) is 23. The van der Waals surface area contributed by atoms with Gasteiger partial charge in [-0.15, -0.1) is 0 Å². The molecule has 0 aromatic carbocycles. The number of hydrogen-bond donors (Lipinski definition) is 2. The Labute approximate surface area is 484 Å². The van der Waals surface area contributed by atoms with Crippen molar-refractivity contribution in [3.8, 4) is 0 Å². The fourth-order valence-electron chi connectivity index (χ4n) is 8.43. The van der Waals surface area contributed by atoms with Crippen molar-refractivity contribution in [2.75, 3.05) is 26.4 Å². The van der Waals surface area contributed by atoms with Crippen molar-refractivity contribution in [2.24, 2.45) is 5.73 Å². The Hall–Kier alpha value is -3.85. The van der Waals surface area contributed by atoms with E-state index in [9.17, 15) is 19.0 Å². The highest BCUT2D eigenvalue weighted by Gasteiger charge is 2.26. The average Bonchev–Trinajstić information content (AvgIpc) is 3.44. The third-order valence-electron chi connectivity index (χ3n) is 13.0. The van der Waals surface area contributed by atoms with Gasteiger partial charge in [-0.25, -0.2) is 4.57 Å². The molecule has 9 nitrogen and oxygen atoms in total.